The summed E-state index contributed by atoms with van der Waals surface area (Å²) < 4.78 is 4.65. The number of imide groups is 1. The van der Waals surface area contributed by atoms with E-state index in [4.69, 9.17) is 0 Å². The van der Waals surface area contributed by atoms with Crippen molar-refractivity contribution < 1.29 is 19.1 Å². The molecule has 3 N–H and O–H groups in total. The van der Waals surface area contributed by atoms with Crippen LogP contribution in [-0.4, -0.2) is 24.0 Å². The largest absolute Gasteiger partial charge is 0.463 e. The predicted octanol–water partition coefficient (Wildman–Crippen LogP) is -0.477. The first kappa shape index (κ1) is 11.4. The van der Waals surface area contributed by atoms with Gasteiger partial charge in [0.1, 0.15) is 6.42 Å². The highest BCUT2D eigenvalue weighted by Crippen LogP contribution is 1.92. The van der Waals surface area contributed by atoms with E-state index in [1.807, 2.05) is 0 Å². The van der Waals surface area contributed by atoms with Crippen molar-refractivity contribution in [3.05, 3.63) is 0 Å². The number of carbonyl (C=O) groups excluding carboxylic acids is 3. The number of hydrogen-bond acceptors (Lipinski definition) is 4. The minimum Gasteiger partial charge on any atom is -0.463 e. The summed E-state index contributed by atoms with van der Waals surface area (Å²) in [6.07, 6.45) is -0.782. The maximum Gasteiger partial charge on any atom is 0.318 e. The van der Waals surface area contributed by atoms with Crippen molar-refractivity contribution in [1.82, 2.24) is 5.32 Å². The molecule has 0 aliphatic heterocycles. The SMILES string of the molecule is CC(C)OC(=O)CC(=O)NC(N)=O. The summed E-state index contributed by atoms with van der Waals surface area (Å²) in [6, 6.07) is -0.984. The van der Waals surface area contributed by atoms with Gasteiger partial charge in [0.05, 0.1) is 6.10 Å². The Morgan fingerprint density at radius 1 is 1.38 bits per heavy atom. The molecule has 0 atom stereocenters. The van der Waals surface area contributed by atoms with Gasteiger partial charge in [-0.25, -0.2) is 4.79 Å². The number of nitrogens with two attached hydrogens (primary N) is 1. The third kappa shape index (κ3) is 6.79. The van der Waals surface area contributed by atoms with E-state index in [1.165, 1.54) is 0 Å². The van der Waals surface area contributed by atoms with Crippen molar-refractivity contribution in [2.24, 2.45) is 5.73 Å². The van der Waals surface area contributed by atoms with Gasteiger partial charge in [0, 0.05) is 0 Å². The smallest absolute Gasteiger partial charge is 0.318 e. The fourth-order valence-electron chi connectivity index (χ4n) is 0.617. The number of urea groups is 1. The number of hydrogen-bond donors (Lipinski definition) is 2. The lowest BCUT2D eigenvalue weighted by molar-refractivity contribution is -0.149. The van der Waals surface area contributed by atoms with Crippen LogP contribution >= 0.6 is 0 Å². The molecular formula is C7H12N2O4. The number of esters is 1. The number of rotatable bonds is 3. The molecule has 3 amide bonds. The minimum absolute atomic E-state index is 0.283. The Labute approximate surface area is 75.4 Å². The lowest BCUT2D eigenvalue weighted by atomic mass is 10.4. The predicted molar refractivity (Wildman–Crippen MR) is 43.6 cm³/mol. The summed E-state index contributed by atoms with van der Waals surface area (Å²) in [5.74, 6) is -1.45. The Kier molecular flexibility index (Phi) is 4.50. The molecule has 6 heteroatoms. The van der Waals surface area contributed by atoms with Crippen LogP contribution in [0.5, 0.6) is 0 Å². The molecule has 0 aromatic heterocycles. The third-order valence-electron chi connectivity index (χ3n) is 0.935. The molecule has 0 saturated heterocycles. The summed E-state index contributed by atoms with van der Waals surface area (Å²) in [7, 11) is 0. The summed E-state index contributed by atoms with van der Waals surface area (Å²) in [6.45, 7) is 3.31. The molecular weight excluding hydrogens is 176 g/mol. The van der Waals surface area contributed by atoms with Gasteiger partial charge in [-0.2, -0.15) is 0 Å². The summed E-state index contributed by atoms with van der Waals surface area (Å²) in [4.78, 5) is 31.7. The zero-order chi connectivity index (χ0) is 10.4. The van der Waals surface area contributed by atoms with E-state index >= 15 is 0 Å². The molecule has 0 fully saturated rings. The highest BCUT2D eigenvalue weighted by molar-refractivity contribution is 6.01. The maximum atomic E-state index is 10.8. The minimum atomic E-state index is -0.984. The number of primary amides is 1. The molecule has 0 unspecified atom stereocenters. The van der Waals surface area contributed by atoms with Gasteiger partial charge in [0.25, 0.3) is 0 Å². The first-order chi connectivity index (χ1) is 5.91. The second-order valence-corrected chi connectivity index (χ2v) is 2.63. The van der Waals surface area contributed by atoms with Gasteiger partial charge >= 0.3 is 12.0 Å². The van der Waals surface area contributed by atoms with Crippen molar-refractivity contribution in [2.45, 2.75) is 26.4 Å². The molecule has 0 saturated carbocycles. The van der Waals surface area contributed by atoms with Crippen LogP contribution < -0.4 is 11.1 Å². The fraction of sp³-hybridized carbons (Fsp3) is 0.571. The quantitative estimate of drug-likeness (QED) is 0.461. The van der Waals surface area contributed by atoms with Crippen molar-refractivity contribution in [2.75, 3.05) is 0 Å². The van der Waals surface area contributed by atoms with Gasteiger partial charge in [0.15, 0.2) is 0 Å². The average Bonchev–Trinajstić information content (AvgIpc) is 1.80. The van der Waals surface area contributed by atoms with Crippen LogP contribution in [0.1, 0.15) is 20.3 Å². The maximum absolute atomic E-state index is 10.8. The highest BCUT2D eigenvalue weighted by Gasteiger charge is 2.12. The molecule has 0 aliphatic carbocycles. The molecule has 0 radical (unpaired) electrons. The molecule has 6 nitrogen and oxygen atoms in total. The standard InChI is InChI=1S/C7H12N2O4/c1-4(2)13-6(11)3-5(10)9-7(8)12/h4H,3H2,1-2H3,(H3,8,9,10,12). The first-order valence-corrected chi connectivity index (χ1v) is 3.70. The van der Waals surface area contributed by atoms with Crippen LogP contribution in [0.25, 0.3) is 0 Å². The highest BCUT2D eigenvalue weighted by atomic mass is 16.5. The Balaban J connectivity index is 3.79. The fourth-order valence-corrected chi connectivity index (χ4v) is 0.617. The van der Waals surface area contributed by atoms with E-state index in [2.05, 4.69) is 10.5 Å². The second-order valence-electron chi connectivity index (χ2n) is 2.63. The van der Waals surface area contributed by atoms with Crippen LogP contribution in [0.2, 0.25) is 0 Å². The van der Waals surface area contributed by atoms with Gasteiger partial charge in [-0.3, -0.25) is 14.9 Å². The average molecular weight is 188 g/mol. The van der Waals surface area contributed by atoms with Crippen LogP contribution in [0.4, 0.5) is 4.79 Å². The Morgan fingerprint density at radius 3 is 2.31 bits per heavy atom. The van der Waals surface area contributed by atoms with E-state index < -0.39 is 24.3 Å². The van der Waals surface area contributed by atoms with E-state index in [9.17, 15) is 14.4 Å². The molecule has 0 aliphatic rings. The number of carbonyl (C=O) groups is 3. The number of nitrogens with one attached hydrogen (secondary N) is 1. The van der Waals surface area contributed by atoms with Crippen LogP contribution in [0.3, 0.4) is 0 Å². The van der Waals surface area contributed by atoms with Gasteiger partial charge in [-0.15, -0.1) is 0 Å². The molecule has 0 rings (SSSR count). The zero-order valence-corrected chi connectivity index (χ0v) is 7.49. The zero-order valence-electron chi connectivity index (χ0n) is 7.49. The van der Waals surface area contributed by atoms with Crippen molar-refractivity contribution in [3.63, 3.8) is 0 Å². The molecule has 74 valence electrons. The molecule has 0 aromatic carbocycles. The lowest BCUT2D eigenvalue weighted by Gasteiger charge is -2.06. The Bertz CT molecular complexity index is 225. The molecule has 13 heavy (non-hydrogen) atoms. The normalized spacial score (nSPS) is 9.46. The van der Waals surface area contributed by atoms with Crippen LogP contribution in [-0.2, 0) is 14.3 Å². The van der Waals surface area contributed by atoms with Gasteiger partial charge < -0.3 is 10.5 Å². The van der Waals surface area contributed by atoms with Gasteiger partial charge in [-0.1, -0.05) is 0 Å². The number of amides is 3. The summed E-state index contributed by atoms with van der Waals surface area (Å²) >= 11 is 0. The third-order valence-corrected chi connectivity index (χ3v) is 0.935. The second kappa shape index (κ2) is 5.13. The Morgan fingerprint density at radius 2 is 1.92 bits per heavy atom. The van der Waals surface area contributed by atoms with E-state index in [0.29, 0.717) is 0 Å². The van der Waals surface area contributed by atoms with E-state index in [1.54, 1.807) is 19.2 Å². The van der Waals surface area contributed by atoms with Crippen LogP contribution in [0, 0.1) is 0 Å². The van der Waals surface area contributed by atoms with E-state index in [0.717, 1.165) is 0 Å². The van der Waals surface area contributed by atoms with Gasteiger partial charge in [0.2, 0.25) is 5.91 Å². The molecule has 0 spiro atoms. The van der Waals surface area contributed by atoms with Crippen molar-refractivity contribution in [3.8, 4) is 0 Å². The molecule has 0 aromatic rings. The summed E-state index contributed by atoms with van der Waals surface area (Å²) in [5.41, 5.74) is 4.65. The summed E-state index contributed by atoms with van der Waals surface area (Å²) in [5, 5.41) is 1.75. The first-order valence-electron chi connectivity index (χ1n) is 3.70. The molecule has 0 bridgehead atoms. The van der Waals surface area contributed by atoms with Crippen LogP contribution in [0.15, 0.2) is 0 Å². The van der Waals surface area contributed by atoms with E-state index in [-0.39, 0.29) is 6.10 Å². The topological polar surface area (TPSA) is 98.5 Å². The monoisotopic (exact) mass is 188 g/mol. The van der Waals surface area contributed by atoms with Crippen molar-refractivity contribution in [1.29, 1.82) is 0 Å². The molecule has 0 heterocycles. The van der Waals surface area contributed by atoms with Gasteiger partial charge in [-0.05, 0) is 13.8 Å². The lowest BCUT2D eigenvalue weighted by Crippen LogP contribution is -2.36. The Hall–Kier alpha value is -1.59. The van der Waals surface area contributed by atoms with Crippen molar-refractivity contribution >= 4 is 17.9 Å². The number of ether oxygens (including phenoxy) is 1.